The van der Waals surface area contributed by atoms with Crippen molar-refractivity contribution in [1.29, 1.82) is 0 Å². The smallest absolute Gasteiger partial charge is 0.0456 e. The van der Waals surface area contributed by atoms with Crippen molar-refractivity contribution < 1.29 is 15.0 Å². The summed E-state index contributed by atoms with van der Waals surface area (Å²) in [6.07, 6.45) is 11.1. The Morgan fingerprint density at radius 3 is 1.43 bits per heavy atom. The fraction of sp³-hybridized carbons (Fsp3) is 0.950. The maximum absolute atomic E-state index is 10.5. The molecule has 3 nitrogen and oxygen atoms in total. The summed E-state index contributed by atoms with van der Waals surface area (Å²) in [4.78, 5) is 10.5. The quantitative estimate of drug-likeness (QED) is 0.491. The van der Waals surface area contributed by atoms with Gasteiger partial charge < -0.3 is 15.0 Å². The van der Waals surface area contributed by atoms with E-state index in [1.807, 2.05) is 6.92 Å². The van der Waals surface area contributed by atoms with E-state index in [2.05, 4.69) is 20.8 Å². The van der Waals surface area contributed by atoms with Crippen LogP contribution in [0.3, 0.4) is 0 Å². The number of hydrogen-bond acceptors (Lipinski definition) is 3. The number of aliphatic carboxylic acids is 1. The fourth-order valence-corrected chi connectivity index (χ4v) is 3.21. The van der Waals surface area contributed by atoms with Crippen LogP contribution < -0.4 is 5.11 Å². The molecule has 0 aliphatic carbocycles. The minimum atomic E-state index is -0.923. The zero-order valence-corrected chi connectivity index (χ0v) is 15.9. The molecule has 0 aromatic rings. The van der Waals surface area contributed by atoms with Crippen LogP contribution in [0.1, 0.15) is 91.9 Å². The summed E-state index contributed by atoms with van der Waals surface area (Å²) in [6.45, 7) is 9.08. The second kappa shape index (κ2) is 13.8. The second-order valence-corrected chi connectivity index (χ2v) is 7.97. The number of rotatable bonds is 15. The number of carboxylic acid groups (broad SMARTS) is 1. The summed E-state index contributed by atoms with van der Waals surface area (Å²) in [5, 5.41) is 19.5. The average Bonchev–Trinajstić information content (AvgIpc) is 2.46. The third-order valence-electron chi connectivity index (χ3n) is 5.01. The predicted octanol–water partition coefficient (Wildman–Crippen LogP) is 4.17. The SMILES string of the molecule is CC(CO)CCCC(C)CCCC(C)CCCC(C)CC(=O)[O-]. The Labute approximate surface area is 143 Å². The molecule has 3 heteroatoms. The molecule has 0 aromatic heterocycles. The van der Waals surface area contributed by atoms with Gasteiger partial charge in [-0.05, 0) is 36.5 Å². The molecule has 4 atom stereocenters. The molecule has 0 radical (unpaired) electrons. The fourth-order valence-electron chi connectivity index (χ4n) is 3.21. The third-order valence-corrected chi connectivity index (χ3v) is 5.01. The summed E-state index contributed by atoms with van der Waals surface area (Å²) in [7, 11) is 0. The minimum absolute atomic E-state index is 0.195. The van der Waals surface area contributed by atoms with Gasteiger partial charge in [-0.1, -0.05) is 79.1 Å². The lowest BCUT2D eigenvalue weighted by Gasteiger charge is -2.16. The Morgan fingerprint density at radius 1 is 0.739 bits per heavy atom. The first-order valence-corrected chi connectivity index (χ1v) is 9.65. The normalized spacial score (nSPS) is 16.7. The number of carbonyl (C=O) groups excluding carboxylic acids is 1. The van der Waals surface area contributed by atoms with Gasteiger partial charge in [0.2, 0.25) is 0 Å². The van der Waals surface area contributed by atoms with E-state index in [0.29, 0.717) is 12.5 Å². The van der Waals surface area contributed by atoms with Crippen LogP contribution in [0.25, 0.3) is 0 Å². The van der Waals surface area contributed by atoms with Gasteiger partial charge in [0.05, 0.1) is 0 Å². The van der Waals surface area contributed by atoms with Crippen LogP contribution in [0, 0.1) is 23.7 Å². The molecule has 4 unspecified atom stereocenters. The van der Waals surface area contributed by atoms with Crippen LogP contribution in [0.5, 0.6) is 0 Å². The topological polar surface area (TPSA) is 60.4 Å². The molecule has 0 spiro atoms. The van der Waals surface area contributed by atoms with Crippen LogP contribution in [0.2, 0.25) is 0 Å². The molecule has 0 bridgehead atoms. The van der Waals surface area contributed by atoms with Gasteiger partial charge >= 0.3 is 0 Å². The van der Waals surface area contributed by atoms with Crippen molar-refractivity contribution in [2.24, 2.45) is 23.7 Å². The van der Waals surface area contributed by atoms with E-state index in [4.69, 9.17) is 5.11 Å². The summed E-state index contributed by atoms with van der Waals surface area (Å²) >= 11 is 0. The van der Waals surface area contributed by atoms with Crippen LogP contribution in [-0.2, 0) is 4.79 Å². The Balaban J connectivity index is 3.54. The van der Waals surface area contributed by atoms with E-state index in [1.54, 1.807) is 0 Å². The van der Waals surface area contributed by atoms with Crippen molar-refractivity contribution in [1.82, 2.24) is 0 Å². The van der Waals surface area contributed by atoms with E-state index < -0.39 is 5.97 Å². The molecule has 0 amide bonds. The molecule has 0 aliphatic heterocycles. The molecular weight excluding hydrogens is 288 g/mol. The highest BCUT2D eigenvalue weighted by molar-refractivity contribution is 5.64. The van der Waals surface area contributed by atoms with Gasteiger partial charge in [0.15, 0.2) is 0 Å². The molecule has 0 aliphatic rings. The molecule has 0 heterocycles. The van der Waals surface area contributed by atoms with Crippen molar-refractivity contribution in [2.45, 2.75) is 91.9 Å². The van der Waals surface area contributed by atoms with Gasteiger partial charge in [-0.2, -0.15) is 0 Å². The largest absolute Gasteiger partial charge is 0.550 e. The van der Waals surface area contributed by atoms with E-state index >= 15 is 0 Å². The molecule has 1 N–H and O–H groups in total. The molecule has 0 rings (SSSR count). The Hall–Kier alpha value is -0.570. The Kier molecular flexibility index (Phi) is 13.5. The van der Waals surface area contributed by atoms with E-state index in [0.717, 1.165) is 31.1 Å². The highest BCUT2D eigenvalue weighted by Gasteiger charge is 2.08. The minimum Gasteiger partial charge on any atom is -0.550 e. The van der Waals surface area contributed by atoms with Crippen molar-refractivity contribution in [3.05, 3.63) is 0 Å². The number of carbonyl (C=O) groups is 1. The lowest BCUT2D eigenvalue weighted by atomic mass is 9.90. The summed E-state index contributed by atoms with van der Waals surface area (Å²) in [5.41, 5.74) is 0. The van der Waals surface area contributed by atoms with Gasteiger partial charge in [-0.15, -0.1) is 0 Å². The van der Waals surface area contributed by atoms with Crippen molar-refractivity contribution in [3.63, 3.8) is 0 Å². The first-order valence-electron chi connectivity index (χ1n) is 9.65. The molecule has 0 saturated carbocycles. The molecule has 138 valence electrons. The second-order valence-electron chi connectivity index (χ2n) is 7.97. The van der Waals surface area contributed by atoms with Crippen molar-refractivity contribution in [3.8, 4) is 0 Å². The van der Waals surface area contributed by atoms with Crippen LogP contribution in [-0.4, -0.2) is 17.7 Å². The number of carboxylic acids is 1. The highest BCUT2D eigenvalue weighted by atomic mass is 16.4. The van der Waals surface area contributed by atoms with Crippen molar-refractivity contribution in [2.75, 3.05) is 6.61 Å². The standard InChI is InChI=1S/C20H40O3/c1-16(10-6-12-18(3)14-20(22)23)8-5-9-17(2)11-7-13-19(4)15-21/h16-19,21H,5-15H2,1-4H3,(H,22,23)/p-1. The van der Waals surface area contributed by atoms with Crippen LogP contribution in [0.15, 0.2) is 0 Å². The zero-order valence-electron chi connectivity index (χ0n) is 15.9. The first-order chi connectivity index (χ1) is 10.8. The number of hydrogen-bond donors (Lipinski definition) is 1. The lowest BCUT2D eigenvalue weighted by molar-refractivity contribution is -0.306. The number of aliphatic hydroxyl groups is 1. The maximum Gasteiger partial charge on any atom is 0.0456 e. The first kappa shape index (κ1) is 22.4. The van der Waals surface area contributed by atoms with Gasteiger partial charge in [0.25, 0.3) is 0 Å². The molecule has 0 aromatic carbocycles. The van der Waals surface area contributed by atoms with E-state index in [-0.39, 0.29) is 12.3 Å². The van der Waals surface area contributed by atoms with Gasteiger partial charge in [-0.25, -0.2) is 0 Å². The van der Waals surface area contributed by atoms with Gasteiger partial charge in [0.1, 0.15) is 0 Å². The highest BCUT2D eigenvalue weighted by Crippen LogP contribution is 2.22. The maximum atomic E-state index is 10.5. The zero-order chi connectivity index (χ0) is 17.7. The molecular formula is C20H39O3-. The monoisotopic (exact) mass is 327 g/mol. The summed E-state index contributed by atoms with van der Waals surface area (Å²) in [5.74, 6) is 1.30. The molecule has 23 heavy (non-hydrogen) atoms. The van der Waals surface area contributed by atoms with E-state index in [9.17, 15) is 9.90 Å². The van der Waals surface area contributed by atoms with Gasteiger partial charge in [0, 0.05) is 12.6 Å². The predicted molar refractivity (Wildman–Crippen MR) is 94.9 cm³/mol. The summed E-state index contributed by atoms with van der Waals surface area (Å²) < 4.78 is 0. The lowest BCUT2D eigenvalue weighted by Crippen LogP contribution is -2.24. The Morgan fingerprint density at radius 2 is 1.09 bits per heavy atom. The molecule has 0 fully saturated rings. The van der Waals surface area contributed by atoms with Crippen LogP contribution >= 0.6 is 0 Å². The summed E-state index contributed by atoms with van der Waals surface area (Å²) in [6, 6.07) is 0. The Bertz CT molecular complexity index is 291. The average molecular weight is 328 g/mol. The van der Waals surface area contributed by atoms with E-state index in [1.165, 1.54) is 38.5 Å². The molecule has 0 saturated heterocycles. The third kappa shape index (κ3) is 14.7. The van der Waals surface area contributed by atoms with Gasteiger partial charge in [-0.3, -0.25) is 0 Å². The number of aliphatic hydroxyl groups excluding tert-OH is 1. The van der Waals surface area contributed by atoms with Crippen LogP contribution in [0.4, 0.5) is 0 Å². The van der Waals surface area contributed by atoms with Crippen molar-refractivity contribution >= 4 is 5.97 Å².